The van der Waals surface area contributed by atoms with Gasteiger partial charge in [0.15, 0.2) is 0 Å². The lowest BCUT2D eigenvalue weighted by Gasteiger charge is -2.25. The Morgan fingerprint density at radius 1 is 1.22 bits per heavy atom. The Morgan fingerprint density at radius 2 is 1.91 bits per heavy atom. The van der Waals surface area contributed by atoms with Crippen molar-refractivity contribution in [1.29, 1.82) is 0 Å². The van der Waals surface area contributed by atoms with E-state index in [0.717, 1.165) is 25.9 Å². The summed E-state index contributed by atoms with van der Waals surface area (Å²) in [6.45, 7) is 2.39. The van der Waals surface area contributed by atoms with Crippen molar-refractivity contribution in [2.75, 3.05) is 19.6 Å². The Balaban J connectivity index is 1.66. The van der Waals surface area contributed by atoms with Crippen molar-refractivity contribution < 1.29 is 9.90 Å². The molecule has 23 heavy (non-hydrogen) atoms. The molecular weight excluding hydrogens is 326 g/mol. The van der Waals surface area contributed by atoms with E-state index in [1.54, 1.807) is 22.7 Å². The predicted octanol–water partition coefficient (Wildman–Crippen LogP) is 4.35. The number of nitrogens with zero attached hydrogens (tertiary/aromatic N) is 1. The maximum atomic E-state index is 11.1. The lowest BCUT2D eigenvalue weighted by Crippen LogP contribution is -2.32. The molecule has 0 bridgehead atoms. The SMILES string of the molecule is O=C(O)C1=CCCN(CCC=C(c2cccs2)c2cccs2)C1. The van der Waals surface area contributed by atoms with Gasteiger partial charge in [-0.3, -0.25) is 4.90 Å². The van der Waals surface area contributed by atoms with Crippen LogP contribution in [0.4, 0.5) is 0 Å². The third-order valence-electron chi connectivity index (χ3n) is 3.87. The number of thiophene rings is 2. The average molecular weight is 345 g/mol. The molecule has 0 unspecified atom stereocenters. The molecule has 0 radical (unpaired) electrons. The van der Waals surface area contributed by atoms with E-state index in [1.165, 1.54) is 15.3 Å². The van der Waals surface area contributed by atoms with Gasteiger partial charge >= 0.3 is 5.97 Å². The van der Waals surface area contributed by atoms with Crippen molar-refractivity contribution in [2.24, 2.45) is 0 Å². The van der Waals surface area contributed by atoms with E-state index >= 15 is 0 Å². The smallest absolute Gasteiger partial charge is 0.332 e. The Morgan fingerprint density at radius 3 is 2.48 bits per heavy atom. The van der Waals surface area contributed by atoms with Crippen LogP contribution in [0.3, 0.4) is 0 Å². The monoisotopic (exact) mass is 345 g/mol. The fourth-order valence-corrected chi connectivity index (χ4v) is 4.36. The van der Waals surface area contributed by atoms with Crippen molar-refractivity contribution in [2.45, 2.75) is 12.8 Å². The minimum atomic E-state index is -0.789. The van der Waals surface area contributed by atoms with Gasteiger partial charge in [0.1, 0.15) is 0 Å². The first-order chi connectivity index (χ1) is 11.2. The van der Waals surface area contributed by atoms with Gasteiger partial charge in [-0.15, -0.1) is 22.7 Å². The standard InChI is InChI=1S/C18H19NO2S2/c20-18(21)14-5-1-9-19(13-14)10-2-6-15(16-7-3-11-22-16)17-8-4-12-23-17/h3-8,11-12H,1-2,9-10,13H2,(H,20,21). The molecule has 3 nitrogen and oxygen atoms in total. The zero-order valence-corrected chi connectivity index (χ0v) is 14.4. The van der Waals surface area contributed by atoms with Crippen molar-refractivity contribution in [3.63, 3.8) is 0 Å². The summed E-state index contributed by atoms with van der Waals surface area (Å²) in [7, 11) is 0. The van der Waals surface area contributed by atoms with Crippen molar-refractivity contribution >= 4 is 34.2 Å². The van der Waals surface area contributed by atoms with Crippen LogP contribution in [0.15, 0.2) is 52.8 Å². The van der Waals surface area contributed by atoms with Crippen LogP contribution in [0.25, 0.3) is 5.57 Å². The van der Waals surface area contributed by atoms with Crippen molar-refractivity contribution in [3.05, 3.63) is 62.5 Å². The molecule has 0 aliphatic carbocycles. The highest BCUT2D eigenvalue weighted by Crippen LogP contribution is 2.30. The molecule has 5 heteroatoms. The summed E-state index contributed by atoms with van der Waals surface area (Å²) in [6.07, 6.45) is 5.89. The number of rotatable bonds is 6. The predicted molar refractivity (Wildman–Crippen MR) is 97.1 cm³/mol. The van der Waals surface area contributed by atoms with E-state index in [-0.39, 0.29) is 0 Å². The van der Waals surface area contributed by atoms with Crippen LogP contribution in [-0.2, 0) is 4.79 Å². The first-order valence-corrected chi connectivity index (χ1v) is 9.42. The highest BCUT2D eigenvalue weighted by atomic mass is 32.1. The maximum Gasteiger partial charge on any atom is 0.332 e. The first kappa shape index (κ1) is 16.2. The van der Waals surface area contributed by atoms with E-state index in [2.05, 4.69) is 46.0 Å². The summed E-state index contributed by atoms with van der Waals surface area (Å²) in [5.41, 5.74) is 1.82. The van der Waals surface area contributed by atoms with Gasteiger partial charge in [0.05, 0.1) is 0 Å². The molecule has 0 fully saturated rings. The van der Waals surface area contributed by atoms with Crippen LogP contribution in [0.2, 0.25) is 0 Å². The molecule has 0 aromatic carbocycles. The molecule has 0 spiro atoms. The molecule has 1 aliphatic rings. The maximum absolute atomic E-state index is 11.1. The van der Waals surface area contributed by atoms with E-state index in [9.17, 15) is 4.79 Å². The fourth-order valence-electron chi connectivity index (χ4n) is 2.73. The summed E-state index contributed by atoms with van der Waals surface area (Å²) in [5, 5.41) is 13.3. The zero-order chi connectivity index (χ0) is 16.1. The van der Waals surface area contributed by atoms with Crippen LogP contribution in [0.1, 0.15) is 22.6 Å². The first-order valence-electron chi connectivity index (χ1n) is 7.66. The summed E-state index contributed by atoms with van der Waals surface area (Å²) in [6, 6.07) is 8.47. The van der Waals surface area contributed by atoms with E-state index in [1.807, 2.05) is 6.08 Å². The van der Waals surface area contributed by atoms with Gasteiger partial charge in [-0.25, -0.2) is 4.79 Å². The lowest BCUT2D eigenvalue weighted by atomic mass is 10.1. The second-order valence-electron chi connectivity index (χ2n) is 5.46. The number of hydrogen-bond acceptors (Lipinski definition) is 4. The molecule has 0 saturated carbocycles. The van der Waals surface area contributed by atoms with Crippen molar-refractivity contribution in [3.8, 4) is 0 Å². The normalized spacial score (nSPS) is 15.2. The van der Waals surface area contributed by atoms with Gasteiger partial charge in [-0.2, -0.15) is 0 Å². The third-order valence-corrected chi connectivity index (χ3v) is 5.68. The number of hydrogen-bond donors (Lipinski definition) is 1. The fraction of sp³-hybridized carbons (Fsp3) is 0.278. The topological polar surface area (TPSA) is 40.5 Å². The highest BCUT2D eigenvalue weighted by Gasteiger charge is 2.16. The molecule has 2 aromatic rings. The lowest BCUT2D eigenvalue weighted by molar-refractivity contribution is -0.133. The van der Waals surface area contributed by atoms with Crippen molar-refractivity contribution in [1.82, 2.24) is 4.90 Å². The number of aliphatic carboxylic acids is 1. The van der Waals surface area contributed by atoms with Crippen LogP contribution in [0.5, 0.6) is 0 Å². The second-order valence-corrected chi connectivity index (χ2v) is 7.36. The van der Waals surface area contributed by atoms with Gasteiger partial charge in [-0.1, -0.05) is 24.3 Å². The molecule has 1 N–H and O–H groups in total. The van der Waals surface area contributed by atoms with Gasteiger partial charge in [0.2, 0.25) is 0 Å². The average Bonchev–Trinajstić information content (AvgIpc) is 3.25. The Bertz CT molecular complexity index is 663. The molecular formula is C18H19NO2S2. The molecule has 3 rings (SSSR count). The van der Waals surface area contributed by atoms with Crippen LogP contribution in [-0.4, -0.2) is 35.6 Å². The molecule has 0 amide bonds. The van der Waals surface area contributed by atoms with Gasteiger partial charge in [0, 0.05) is 40.5 Å². The Hall–Kier alpha value is -1.69. The minimum Gasteiger partial charge on any atom is -0.478 e. The van der Waals surface area contributed by atoms with Gasteiger partial charge in [-0.05, 0) is 35.7 Å². The summed E-state index contributed by atoms with van der Waals surface area (Å²) >= 11 is 3.52. The van der Waals surface area contributed by atoms with E-state index in [0.29, 0.717) is 12.1 Å². The number of carboxylic acids is 1. The molecule has 0 saturated heterocycles. The van der Waals surface area contributed by atoms with Gasteiger partial charge in [0.25, 0.3) is 0 Å². The zero-order valence-electron chi connectivity index (χ0n) is 12.8. The quantitative estimate of drug-likeness (QED) is 0.846. The summed E-state index contributed by atoms with van der Waals surface area (Å²) < 4.78 is 0. The van der Waals surface area contributed by atoms with E-state index < -0.39 is 5.97 Å². The van der Waals surface area contributed by atoms with E-state index in [4.69, 9.17) is 5.11 Å². The largest absolute Gasteiger partial charge is 0.478 e. The minimum absolute atomic E-state index is 0.525. The number of carboxylic acid groups (broad SMARTS) is 1. The molecule has 0 atom stereocenters. The van der Waals surface area contributed by atoms with Crippen LogP contribution < -0.4 is 0 Å². The molecule has 3 heterocycles. The molecule has 120 valence electrons. The number of carbonyl (C=O) groups is 1. The molecule has 1 aliphatic heterocycles. The Kier molecular flexibility index (Phi) is 5.43. The summed E-state index contributed by atoms with van der Waals surface area (Å²) in [4.78, 5) is 15.9. The Labute approximate surface area is 144 Å². The van der Waals surface area contributed by atoms with Gasteiger partial charge < -0.3 is 5.11 Å². The van der Waals surface area contributed by atoms with Crippen LogP contribution >= 0.6 is 22.7 Å². The molecule has 2 aromatic heterocycles. The highest BCUT2D eigenvalue weighted by molar-refractivity contribution is 7.13. The third kappa shape index (κ3) is 4.19. The summed E-state index contributed by atoms with van der Waals surface area (Å²) in [5.74, 6) is -0.789. The van der Waals surface area contributed by atoms with Crippen LogP contribution in [0, 0.1) is 0 Å². The second kappa shape index (κ2) is 7.73.